The normalized spacial score (nSPS) is 29.8. The Morgan fingerprint density at radius 2 is 0.875 bits per heavy atom. The Balaban J connectivity index is 1.93. The maximum absolute atomic E-state index is 14.6. The van der Waals surface area contributed by atoms with Crippen molar-refractivity contribution in [2.45, 2.75) is 76.0 Å². The largest absolute Gasteiger partial charge is 0.268 e. The molecule has 2 saturated heterocycles. The molecule has 0 N–H and O–H groups in total. The zero-order valence-electron chi connectivity index (χ0n) is 18.2. The predicted molar refractivity (Wildman–Crippen MR) is 116 cm³/mol. The molecule has 2 amide bonds. The number of carbonyl (C=O) groups is 2. The van der Waals surface area contributed by atoms with Gasteiger partial charge in [-0.1, -0.05) is 43.5 Å². The summed E-state index contributed by atoms with van der Waals surface area (Å²) >= 11 is 0. The van der Waals surface area contributed by atoms with Crippen LogP contribution in [0.15, 0.2) is 10.6 Å². The zero-order valence-corrected chi connectivity index (χ0v) is 20.0. The molecule has 4 atom stereocenters. The fourth-order valence-corrected chi connectivity index (χ4v) is 12.5. The Hall–Kier alpha value is -1.39. The molecule has 32 heavy (non-hydrogen) atoms. The van der Waals surface area contributed by atoms with Crippen LogP contribution in [0.2, 0.25) is 0 Å². The van der Waals surface area contributed by atoms with Gasteiger partial charge in [-0.25, -0.2) is 26.9 Å². The van der Waals surface area contributed by atoms with Crippen molar-refractivity contribution in [1.82, 2.24) is 0 Å². The maximum Gasteiger partial charge on any atom is 0.266 e. The molecule has 0 radical (unpaired) electrons. The van der Waals surface area contributed by atoms with E-state index in [1.54, 1.807) is 0 Å². The number of halogens is 5. The van der Waals surface area contributed by atoms with Gasteiger partial charge in [0, 0.05) is 0 Å². The molecular weight excluding hydrogens is 467 g/mol. The molecule has 0 unspecified atom stereocenters. The smallest absolute Gasteiger partial charge is 0.266 e. The monoisotopic (exact) mass is 491 g/mol. The number of nitrogens with zero attached hydrogens (tertiary/aromatic N) is 1. The van der Waals surface area contributed by atoms with E-state index < -0.39 is 62.4 Å². The van der Waals surface area contributed by atoms with Crippen molar-refractivity contribution >= 4 is 33.3 Å². The lowest BCUT2D eigenvalue weighted by Crippen LogP contribution is -2.34. The lowest BCUT2D eigenvalue weighted by Gasteiger charge is -2.26. The van der Waals surface area contributed by atoms with Gasteiger partial charge < -0.3 is 0 Å². The van der Waals surface area contributed by atoms with E-state index in [4.69, 9.17) is 0 Å². The van der Waals surface area contributed by atoms with E-state index in [9.17, 15) is 31.5 Å². The van der Waals surface area contributed by atoms with E-state index in [0.717, 1.165) is 25.7 Å². The zero-order chi connectivity index (χ0) is 23.6. The van der Waals surface area contributed by atoms with Crippen molar-refractivity contribution in [3.8, 4) is 0 Å². The van der Waals surface area contributed by atoms with Gasteiger partial charge in [-0.15, -0.1) is 0 Å². The van der Waals surface area contributed by atoms with Crippen LogP contribution in [-0.4, -0.2) is 34.5 Å². The molecule has 3 aliphatic rings. The van der Waals surface area contributed by atoms with Gasteiger partial charge in [0.15, 0.2) is 23.3 Å². The van der Waals surface area contributed by atoms with Gasteiger partial charge in [0.1, 0.15) is 5.69 Å². The van der Waals surface area contributed by atoms with Crippen molar-refractivity contribution in [2.75, 3.05) is 4.90 Å². The lowest BCUT2D eigenvalue weighted by atomic mass is 10.2. The third-order valence-corrected chi connectivity index (χ3v) is 13.7. The molecule has 4 rings (SSSR count). The van der Waals surface area contributed by atoms with Crippen molar-refractivity contribution in [1.29, 1.82) is 0 Å². The number of hydrogen-bond acceptors (Lipinski definition) is 2. The summed E-state index contributed by atoms with van der Waals surface area (Å²) in [4.78, 5) is 27.4. The first-order valence-electron chi connectivity index (χ1n) is 10.7. The van der Waals surface area contributed by atoms with Crippen LogP contribution in [-0.2, 0) is 9.59 Å². The van der Waals surface area contributed by atoms with Crippen molar-refractivity contribution in [2.24, 2.45) is 0 Å². The summed E-state index contributed by atoms with van der Waals surface area (Å²) in [5.74, 6) is -12.8. The second kappa shape index (κ2) is 8.43. The quantitative estimate of drug-likeness (QED) is 0.158. The summed E-state index contributed by atoms with van der Waals surface area (Å²) in [6, 6.07) is 0. The summed E-state index contributed by atoms with van der Waals surface area (Å²) in [6.07, 6.45) is 3.43. The van der Waals surface area contributed by atoms with Crippen molar-refractivity contribution in [3.63, 3.8) is 0 Å². The fourth-order valence-electron chi connectivity index (χ4n) is 5.24. The van der Waals surface area contributed by atoms with Gasteiger partial charge in [0.2, 0.25) is 5.82 Å². The second-order valence-corrected chi connectivity index (χ2v) is 15.0. The van der Waals surface area contributed by atoms with Crippen molar-refractivity contribution in [3.05, 3.63) is 39.7 Å². The highest BCUT2D eigenvalue weighted by atomic mass is 31.1. The van der Waals surface area contributed by atoms with Gasteiger partial charge >= 0.3 is 0 Å². The number of imide groups is 1. The van der Waals surface area contributed by atoms with Crippen molar-refractivity contribution < 1.29 is 31.5 Å². The highest BCUT2D eigenvalue weighted by Gasteiger charge is 2.52. The number of anilines is 1. The molecular formula is C22H24F5NO2P2. The SMILES string of the molecule is C[C@@H]1CC[C@@H](C)P1C1=C(P2[C@H](C)CC[C@H]2C)C(=O)N(c2c(F)c(F)c(F)c(F)c2F)C1=O. The highest BCUT2D eigenvalue weighted by molar-refractivity contribution is 7.70. The Labute approximate surface area is 185 Å². The number of benzene rings is 1. The molecule has 0 spiro atoms. The topological polar surface area (TPSA) is 37.4 Å². The molecule has 3 heterocycles. The molecule has 3 nitrogen and oxygen atoms in total. The molecule has 3 aliphatic heterocycles. The van der Waals surface area contributed by atoms with Crippen LogP contribution in [0.5, 0.6) is 0 Å². The predicted octanol–water partition coefficient (Wildman–Crippen LogP) is 6.57. The first kappa shape index (κ1) is 23.8. The summed E-state index contributed by atoms with van der Waals surface area (Å²) in [6.45, 7) is 7.97. The van der Waals surface area contributed by atoms with E-state index in [2.05, 4.69) is 0 Å². The highest BCUT2D eigenvalue weighted by Crippen LogP contribution is 2.71. The average molecular weight is 491 g/mol. The van der Waals surface area contributed by atoms with E-state index in [1.807, 2.05) is 27.7 Å². The van der Waals surface area contributed by atoms with Gasteiger partial charge in [-0.05, 0) is 48.3 Å². The fraction of sp³-hybridized carbons (Fsp3) is 0.545. The summed E-state index contributed by atoms with van der Waals surface area (Å²) in [7, 11) is -2.22. The average Bonchev–Trinajstić information content (AvgIpc) is 3.33. The minimum absolute atomic E-state index is 0.126. The van der Waals surface area contributed by atoms with Crippen LogP contribution in [0.3, 0.4) is 0 Å². The van der Waals surface area contributed by atoms with Gasteiger partial charge in [0.05, 0.1) is 10.6 Å². The third kappa shape index (κ3) is 3.36. The van der Waals surface area contributed by atoms with Crippen LogP contribution in [0.25, 0.3) is 0 Å². The second-order valence-electron chi connectivity index (χ2n) is 8.93. The Morgan fingerprint density at radius 1 is 0.594 bits per heavy atom. The first-order valence-corrected chi connectivity index (χ1v) is 13.7. The molecule has 174 valence electrons. The van der Waals surface area contributed by atoms with Crippen LogP contribution in [0.4, 0.5) is 27.6 Å². The van der Waals surface area contributed by atoms with Gasteiger partial charge in [-0.2, -0.15) is 0 Å². The number of carbonyl (C=O) groups excluding carboxylic acids is 2. The minimum atomic E-state index is -2.32. The Morgan fingerprint density at radius 3 is 1.19 bits per heavy atom. The lowest BCUT2D eigenvalue weighted by molar-refractivity contribution is -0.120. The van der Waals surface area contributed by atoms with E-state index in [1.165, 1.54) is 0 Å². The molecule has 1 aromatic carbocycles. The van der Waals surface area contributed by atoms with Crippen LogP contribution in [0.1, 0.15) is 53.4 Å². The van der Waals surface area contributed by atoms with Crippen LogP contribution in [0, 0.1) is 29.1 Å². The third-order valence-electron chi connectivity index (χ3n) is 6.87. The van der Waals surface area contributed by atoms with Crippen LogP contribution < -0.4 is 4.90 Å². The molecule has 2 fully saturated rings. The molecule has 0 saturated carbocycles. The maximum atomic E-state index is 14.6. The molecule has 0 aromatic heterocycles. The van der Waals surface area contributed by atoms with Gasteiger partial charge in [-0.3, -0.25) is 9.59 Å². The Kier molecular flexibility index (Phi) is 6.26. The van der Waals surface area contributed by atoms with Gasteiger partial charge in [0.25, 0.3) is 11.8 Å². The molecule has 0 aliphatic carbocycles. The molecule has 0 bridgehead atoms. The van der Waals surface area contributed by atoms with Crippen LogP contribution >= 0.6 is 15.8 Å². The standard InChI is InChI=1S/C22H24F5NO2P2/c1-9-5-6-10(2)31(9)19-20(32-11(3)7-8-12(32)4)22(30)28(21(19)29)18-16(26)14(24)13(23)15(25)17(18)27/h9-12H,5-8H2,1-4H3/t9-,10-,11-,12-/m1/s1. The summed E-state index contributed by atoms with van der Waals surface area (Å²) in [5.41, 5.74) is -0.960. The minimum Gasteiger partial charge on any atom is -0.268 e. The molecule has 10 heteroatoms. The molecule has 1 aromatic rings. The number of amides is 2. The van der Waals surface area contributed by atoms with E-state index in [0.29, 0.717) is 0 Å². The summed E-state index contributed by atoms with van der Waals surface area (Å²) in [5, 5.41) is 0.580. The number of hydrogen-bond donors (Lipinski definition) is 0. The van der Waals surface area contributed by atoms with E-state index in [-0.39, 0.29) is 38.2 Å². The first-order chi connectivity index (χ1) is 15.0. The number of rotatable bonds is 3. The summed E-state index contributed by atoms with van der Waals surface area (Å²) < 4.78 is 70.8. The van der Waals surface area contributed by atoms with E-state index >= 15 is 0 Å². The Bertz CT molecular complexity index is 951.